The zero-order valence-electron chi connectivity index (χ0n) is 50.1. The predicted molar refractivity (Wildman–Crippen MR) is 325 cm³/mol. The van der Waals surface area contributed by atoms with Crippen LogP contribution in [0.15, 0.2) is 100 Å². The SMILES string of the molecule is COc1cc2c(cc1OCCCCCOc1cc3c(cc1OC)C(=O)N1Cc4cc(OS(=O)(=O)Oc5cc(C(=O)CCCOCCOCCOCCN=[N+]=[N-])ccc5OC5O[C@H](CO)[C@H](O)[C@H](O)[C@H]5O)ccc4C[C@H]1C=N3)C=NC1Cc3ccccc3CN1C2=O. The first-order valence-corrected chi connectivity index (χ1v) is 31.1. The zero-order valence-corrected chi connectivity index (χ0v) is 50.9. The highest BCUT2D eigenvalue weighted by molar-refractivity contribution is 7.82. The standard InChI is InChI=1S/C63H71N7O20S/c1-80-51-30-46-42(33-66-57-29-38-9-4-5-10-41(38)35-70(57)61(46)76)28-53(51)85-18-6-3-7-19-86-54-32-48-47(31-52(54)81-2)62(77)69-36-43-26-45(14-12-39(43)25-44(69)34-65-48)89-91(78,79)90-55-27-40(13-15-50(55)87-63-60(75)59(74)58(73)56(37-71)88-63)49(72)11-8-17-82-21-23-84-24-22-83-20-16-67-68-64/h4-5,9-10,12-15,26-28,30-34,44,56-60,63,71,73-75H,3,6-8,11,16-25,29,35-37H2,1-2H3/t44-,56+,57?,58-,59-,60+,63?/m0/s1. The van der Waals surface area contributed by atoms with Gasteiger partial charge in [0.15, 0.2) is 40.3 Å². The van der Waals surface area contributed by atoms with Crippen LogP contribution in [-0.4, -0.2) is 192 Å². The number of carbonyl (C=O) groups is 3. The van der Waals surface area contributed by atoms with E-state index in [9.17, 15) is 43.2 Å². The molecule has 5 aromatic carbocycles. The summed E-state index contributed by atoms with van der Waals surface area (Å²) < 4.78 is 89.9. The minimum atomic E-state index is -5.07. The zero-order chi connectivity index (χ0) is 64.0. The van der Waals surface area contributed by atoms with E-state index >= 15 is 0 Å². The summed E-state index contributed by atoms with van der Waals surface area (Å²) in [5, 5.41) is 44.7. The number of rotatable bonds is 31. The Bertz CT molecular complexity index is 3660. The van der Waals surface area contributed by atoms with Gasteiger partial charge in [-0.15, -0.1) is 8.42 Å². The van der Waals surface area contributed by atoms with Crippen molar-refractivity contribution >= 4 is 46.1 Å². The van der Waals surface area contributed by atoms with Crippen LogP contribution in [0.5, 0.6) is 40.2 Å². The van der Waals surface area contributed by atoms with Crippen LogP contribution in [0, 0.1) is 0 Å². The van der Waals surface area contributed by atoms with Crippen molar-refractivity contribution in [3.63, 3.8) is 0 Å². The number of unbranched alkanes of at least 4 members (excludes halogenated alkanes) is 2. The highest BCUT2D eigenvalue weighted by atomic mass is 32.3. The smallest absolute Gasteiger partial charge is 0.493 e. The van der Waals surface area contributed by atoms with Crippen LogP contribution >= 0.6 is 0 Å². The van der Waals surface area contributed by atoms with Crippen molar-refractivity contribution in [1.82, 2.24) is 9.80 Å². The van der Waals surface area contributed by atoms with E-state index in [2.05, 4.69) is 16.1 Å². The monoisotopic (exact) mass is 1280 g/mol. The normalized spacial score (nSPS) is 20.5. The van der Waals surface area contributed by atoms with Gasteiger partial charge in [0.1, 0.15) is 36.3 Å². The van der Waals surface area contributed by atoms with Crippen LogP contribution in [0.3, 0.4) is 0 Å². The van der Waals surface area contributed by atoms with Crippen LogP contribution in [0.4, 0.5) is 5.69 Å². The van der Waals surface area contributed by atoms with Gasteiger partial charge in [-0.1, -0.05) is 35.4 Å². The minimum absolute atomic E-state index is 0.00162. The third-order valence-electron chi connectivity index (χ3n) is 15.8. The topological polar surface area (TPSA) is 348 Å². The molecule has 0 spiro atoms. The fourth-order valence-electron chi connectivity index (χ4n) is 11.0. The summed E-state index contributed by atoms with van der Waals surface area (Å²) in [5.74, 6) is -0.364. The number of ketones is 1. The molecule has 0 radical (unpaired) electrons. The second-order valence-corrected chi connectivity index (χ2v) is 23.0. The minimum Gasteiger partial charge on any atom is -0.493 e. The molecule has 4 N–H and O–H groups in total. The number of nitrogens with zero attached hydrogens (tertiary/aromatic N) is 7. The van der Waals surface area contributed by atoms with Gasteiger partial charge < -0.3 is 81.2 Å². The van der Waals surface area contributed by atoms with Crippen molar-refractivity contribution in [2.24, 2.45) is 15.1 Å². The highest BCUT2D eigenvalue weighted by Gasteiger charge is 2.45. The lowest BCUT2D eigenvalue weighted by molar-refractivity contribution is -0.277. The number of carbonyl (C=O) groups excluding carboxylic acids is 3. The fraction of sp³-hybridized carbons (Fsp3) is 0.444. The first-order chi connectivity index (χ1) is 44.1. The van der Waals surface area contributed by atoms with E-state index in [0.717, 1.165) is 23.6 Å². The summed E-state index contributed by atoms with van der Waals surface area (Å²) in [5.41, 5.74) is 13.8. The van der Waals surface area contributed by atoms with Crippen LogP contribution in [0.1, 0.15) is 91.0 Å². The summed E-state index contributed by atoms with van der Waals surface area (Å²) in [4.78, 5) is 57.3. The first kappa shape index (κ1) is 65.5. The van der Waals surface area contributed by atoms with Crippen molar-refractivity contribution in [3.8, 4) is 40.2 Å². The van der Waals surface area contributed by atoms with E-state index in [4.69, 9.17) is 66.5 Å². The Hall–Kier alpha value is -8.41. The molecule has 1 fully saturated rings. The molecular weight excluding hydrogens is 1210 g/mol. The number of benzene rings is 5. The number of hydrogen-bond donors (Lipinski definition) is 4. The number of aliphatic imine (C=N–C) groups is 2. The highest BCUT2D eigenvalue weighted by Crippen LogP contribution is 2.41. The summed E-state index contributed by atoms with van der Waals surface area (Å²) >= 11 is 0. The Labute approximate surface area is 524 Å². The molecule has 5 aromatic rings. The molecule has 7 atom stereocenters. The molecule has 0 aromatic heterocycles. The Morgan fingerprint density at radius 1 is 0.681 bits per heavy atom. The Morgan fingerprint density at radius 3 is 2.10 bits per heavy atom. The maximum absolute atomic E-state index is 14.4. The molecule has 5 heterocycles. The number of azide groups is 1. The van der Waals surface area contributed by atoms with Crippen molar-refractivity contribution in [1.29, 1.82) is 0 Å². The lowest BCUT2D eigenvalue weighted by Crippen LogP contribution is -2.60. The van der Waals surface area contributed by atoms with E-state index in [1.54, 1.807) is 59.7 Å². The Kier molecular flexibility index (Phi) is 22.0. The number of hydrogen-bond acceptors (Lipinski definition) is 23. The number of ether oxygens (including phenoxy) is 9. The molecule has 91 heavy (non-hydrogen) atoms. The van der Waals surface area contributed by atoms with Gasteiger partial charge in [-0.05, 0) is 108 Å². The summed E-state index contributed by atoms with van der Waals surface area (Å²) in [6, 6.07) is 22.5. The molecule has 10 rings (SSSR count). The van der Waals surface area contributed by atoms with E-state index in [1.807, 2.05) is 18.2 Å². The third-order valence-corrected chi connectivity index (χ3v) is 16.6. The number of methoxy groups -OCH3 is 2. The van der Waals surface area contributed by atoms with Crippen LogP contribution in [0.25, 0.3) is 10.4 Å². The molecule has 2 unspecified atom stereocenters. The maximum atomic E-state index is 14.4. The number of amides is 2. The van der Waals surface area contributed by atoms with Gasteiger partial charge in [0, 0.05) is 73.6 Å². The van der Waals surface area contributed by atoms with Crippen molar-refractivity contribution in [3.05, 3.63) is 140 Å². The third kappa shape index (κ3) is 16.0. The van der Waals surface area contributed by atoms with Crippen molar-refractivity contribution < 1.29 is 94.2 Å². The maximum Gasteiger partial charge on any atom is 0.501 e. The predicted octanol–water partition coefficient (Wildman–Crippen LogP) is 5.78. The van der Waals surface area contributed by atoms with Gasteiger partial charge in [-0.3, -0.25) is 24.4 Å². The van der Waals surface area contributed by atoms with Crippen LogP contribution in [0.2, 0.25) is 0 Å². The molecule has 1 saturated heterocycles. The van der Waals surface area contributed by atoms with Gasteiger partial charge in [0.2, 0.25) is 6.29 Å². The molecule has 28 heteroatoms. The van der Waals surface area contributed by atoms with Gasteiger partial charge in [-0.25, -0.2) is 0 Å². The van der Waals surface area contributed by atoms with E-state index in [1.165, 1.54) is 36.9 Å². The lowest BCUT2D eigenvalue weighted by atomic mass is 9.94. The summed E-state index contributed by atoms with van der Waals surface area (Å²) in [6.45, 7) is 2.24. The molecule has 0 bridgehead atoms. The molecular formula is C63H71N7O20S. The molecule has 27 nitrogen and oxygen atoms in total. The number of aliphatic hydroxyl groups is 4. The molecule has 5 aliphatic rings. The van der Waals surface area contributed by atoms with E-state index < -0.39 is 65.3 Å². The molecule has 5 aliphatic heterocycles. The molecule has 0 aliphatic carbocycles. The molecule has 2 amide bonds. The Balaban J connectivity index is 0.732. The number of Topliss-reactive ketones (excluding diaryl/α,β-unsaturated/α-hetero) is 1. The summed E-state index contributed by atoms with van der Waals surface area (Å²) in [7, 11) is -2.06. The quantitative estimate of drug-likeness (QED) is 0.0134. The van der Waals surface area contributed by atoms with Crippen LogP contribution in [-0.2, 0) is 55.3 Å². The van der Waals surface area contributed by atoms with Crippen molar-refractivity contribution in [2.45, 2.75) is 101 Å². The average Bonchev–Trinajstić information content (AvgIpc) is 1.81. The van der Waals surface area contributed by atoms with Gasteiger partial charge >= 0.3 is 10.4 Å². The van der Waals surface area contributed by atoms with Gasteiger partial charge in [0.25, 0.3) is 11.8 Å². The molecule has 0 saturated carbocycles. The van der Waals surface area contributed by atoms with E-state index in [-0.39, 0.29) is 93.0 Å². The van der Waals surface area contributed by atoms with E-state index in [0.29, 0.717) is 104 Å². The largest absolute Gasteiger partial charge is 0.501 e. The van der Waals surface area contributed by atoms with Gasteiger partial charge in [0.05, 0.1) is 89.9 Å². The average molecular weight is 1280 g/mol. The van der Waals surface area contributed by atoms with Crippen molar-refractivity contribution in [2.75, 3.05) is 80.2 Å². The second kappa shape index (κ2) is 30.6. The van der Waals surface area contributed by atoms with Crippen LogP contribution < -0.4 is 32.1 Å². The lowest BCUT2D eigenvalue weighted by Gasteiger charge is -2.39. The number of fused-ring (bicyclic) bond motifs is 6. The fourth-order valence-corrected chi connectivity index (χ4v) is 11.7. The molecule has 484 valence electrons. The number of aliphatic hydroxyl groups excluding tert-OH is 4. The Morgan fingerprint density at radius 2 is 1.36 bits per heavy atom. The second-order valence-electron chi connectivity index (χ2n) is 21.8. The van der Waals surface area contributed by atoms with Gasteiger partial charge in [-0.2, -0.15) is 0 Å². The summed E-state index contributed by atoms with van der Waals surface area (Å²) in [6.07, 6.45) is -2.10. The first-order valence-electron chi connectivity index (χ1n) is 29.8.